The number of anilines is 1. The smallest absolute Gasteiger partial charge is 0.241 e. The Kier molecular flexibility index (Phi) is 6.58. The Morgan fingerprint density at radius 2 is 2.00 bits per heavy atom. The standard InChI is InChI=1S/C20H24FN3O2S/c1-15(20(26)22-18-4-2-3-17(21)13-18)23-8-10-24(11-9-23)19(25)6-5-16-7-12-27-14-16/h2-4,7,12-15H,5-6,8-11H2,1H3,(H,22,26)/t15-/m0/s1. The Hall–Kier alpha value is -2.25. The number of thiophene rings is 1. The molecule has 2 aromatic rings. The Morgan fingerprint density at radius 1 is 1.22 bits per heavy atom. The molecule has 1 aliphatic heterocycles. The molecule has 1 aliphatic rings. The highest BCUT2D eigenvalue weighted by Crippen LogP contribution is 2.14. The first-order chi connectivity index (χ1) is 13.0. The Bertz CT molecular complexity index is 773. The largest absolute Gasteiger partial charge is 0.340 e. The zero-order valence-corrected chi connectivity index (χ0v) is 16.2. The lowest BCUT2D eigenvalue weighted by Crippen LogP contribution is -2.54. The molecule has 1 aromatic carbocycles. The highest BCUT2D eigenvalue weighted by atomic mass is 32.1. The number of hydrogen-bond acceptors (Lipinski definition) is 4. The van der Waals surface area contributed by atoms with E-state index in [1.807, 2.05) is 17.2 Å². The van der Waals surface area contributed by atoms with Gasteiger partial charge in [0, 0.05) is 38.3 Å². The van der Waals surface area contributed by atoms with Crippen LogP contribution in [0.5, 0.6) is 0 Å². The second kappa shape index (κ2) is 9.10. The van der Waals surface area contributed by atoms with Crippen LogP contribution in [0, 0.1) is 5.82 Å². The van der Waals surface area contributed by atoms with Crippen LogP contribution in [0.15, 0.2) is 41.1 Å². The van der Waals surface area contributed by atoms with Gasteiger partial charge in [0.15, 0.2) is 0 Å². The Morgan fingerprint density at radius 3 is 2.67 bits per heavy atom. The molecule has 1 aromatic heterocycles. The fourth-order valence-electron chi connectivity index (χ4n) is 3.18. The van der Waals surface area contributed by atoms with Gasteiger partial charge in [0.25, 0.3) is 0 Å². The topological polar surface area (TPSA) is 52.7 Å². The number of aryl methyl sites for hydroxylation is 1. The molecule has 1 saturated heterocycles. The van der Waals surface area contributed by atoms with Gasteiger partial charge in [-0.25, -0.2) is 4.39 Å². The van der Waals surface area contributed by atoms with E-state index in [1.54, 1.807) is 23.5 Å². The van der Waals surface area contributed by atoms with Crippen molar-refractivity contribution in [1.29, 1.82) is 0 Å². The number of halogens is 1. The molecule has 7 heteroatoms. The Labute approximate surface area is 162 Å². The van der Waals surface area contributed by atoms with Crippen molar-refractivity contribution in [1.82, 2.24) is 9.80 Å². The maximum absolute atomic E-state index is 13.2. The van der Waals surface area contributed by atoms with Gasteiger partial charge in [-0.05, 0) is 53.9 Å². The maximum atomic E-state index is 13.2. The van der Waals surface area contributed by atoms with Crippen LogP contribution in [0.2, 0.25) is 0 Å². The highest BCUT2D eigenvalue weighted by Gasteiger charge is 2.27. The molecule has 2 amide bonds. The molecule has 5 nitrogen and oxygen atoms in total. The molecule has 27 heavy (non-hydrogen) atoms. The molecule has 0 bridgehead atoms. The van der Waals surface area contributed by atoms with E-state index < -0.39 is 0 Å². The van der Waals surface area contributed by atoms with E-state index in [4.69, 9.17) is 0 Å². The first kappa shape index (κ1) is 19.5. The van der Waals surface area contributed by atoms with Gasteiger partial charge in [0.1, 0.15) is 5.82 Å². The molecule has 0 spiro atoms. The van der Waals surface area contributed by atoms with Crippen LogP contribution in [0.1, 0.15) is 18.9 Å². The summed E-state index contributed by atoms with van der Waals surface area (Å²) in [6.07, 6.45) is 1.29. The molecule has 0 aliphatic carbocycles. The van der Waals surface area contributed by atoms with Gasteiger partial charge in [0.05, 0.1) is 6.04 Å². The van der Waals surface area contributed by atoms with Crippen molar-refractivity contribution in [2.75, 3.05) is 31.5 Å². The molecule has 1 atom stereocenters. The van der Waals surface area contributed by atoms with Crippen molar-refractivity contribution >= 4 is 28.8 Å². The summed E-state index contributed by atoms with van der Waals surface area (Å²) in [7, 11) is 0. The van der Waals surface area contributed by atoms with E-state index in [2.05, 4.69) is 21.7 Å². The van der Waals surface area contributed by atoms with Crippen molar-refractivity contribution < 1.29 is 14.0 Å². The van der Waals surface area contributed by atoms with Crippen LogP contribution in [0.4, 0.5) is 10.1 Å². The van der Waals surface area contributed by atoms with E-state index >= 15 is 0 Å². The van der Waals surface area contributed by atoms with Gasteiger partial charge < -0.3 is 10.2 Å². The van der Waals surface area contributed by atoms with E-state index in [0.29, 0.717) is 38.3 Å². The molecule has 0 saturated carbocycles. The minimum atomic E-state index is -0.380. The first-order valence-electron chi connectivity index (χ1n) is 9.12. The molecule has 3 rings (SSSR count). The number of piperazine rings is 1. The number of carbonyl (C=O) groups excluding carboxylic acids is 2. The second-order valence-corrected chi connectivity index (χ2v) is 7.50. The van der Waals surface area contributed by atoms with Crippen LogP contribution in [-0.2, 0) is 16.0 Å². The number of carbonyl (C=O) groups is 2. The molecular weight excluding hydrogens is 365 g/mol. The third-order valence-corrected chi connectivity index (χ3v) is 5.63. The first-order valence-corrected chi connectivity index (χ1v) is 10.1. The fourth-order valence-corrected chi connectivity index (χ4v) is 3.88. The summed E-state index contributed by atoms with van der Waals surface area (Å²) in [5, 5.41) is 6.85. The van der Waals surface area contributed by atoms with Crippen LogP contribution >= 0.6 is 11.3 Å². The van der Waals surface area contributed by atoms with Crippen LogP contribution in [0.3, 0.4) is 0 Å². The molecular formula is C20H24FN3O2S. The SMILES string of the molecule is C[C@@H](C(=O)Nc1cccc(F)c1)N1CCN(C(=O)CCc2ccsc2)CC1. The monoisotopic (exact) mass is 389 g/mol. The maximum Gasteiger partial charge on any atom is 0.241 e. The zero-order valence-electron chi connectivity index (χ0n) is 15.4. The van der Waals surface area contributed by atoms with Crippen molar-refractivity contribution in [3.63, 3.8) is 0 Å². The van der Waals surface area contributed by atoms with Crippen molar-refractivity contribution in [2.45, 2.75) is 25.8 Å². The normalized spacial score (nSPS) is 16.1. The van der Waals surface area contributed by atoms with Crippen LogP contribution in [-0.4, -0.2) is 53.8 Å². The van der Waals surface area contributed by atoms with Crippen molar-refractivity contribution in [2.24, 2.45) is 0 Å². The second-order valence-electron chi connectivity index (χ2n) is 6.72. The number of nitrogens with one attached hydrogen (secondary N) is 1. The summed E-state index contributed by atoms with van der Waals surface area (Å²) in [4.78, 5) is 28.7. The average Bonchev–Trinajstić information content (AvgIpc) is 3.19. The van der Waals surface area contributed by atoms with Gasteiger partial charge >= 0.3 is 0 Å². The van der Waals surface area contributed by atoms with Gasteiger partial charge in [-0.2, -0.15) is 11.3 Å². The van der Waals surface area contributed by atoms with Gasteiger partial charge in [-0.3, -0.25) is 14.5 Å². The molecule has 1 N–H and O–H groups in total. The molecule has 1 fully saturated rings. The number of nitrogens with zero attached hydrogens (tertiary/aromatic N) is 2. The summed E-state index contributed by atoms with van der Waals surface area (Å²) in [5.41, 5.74) is 1.66. The molecule has 2 heterocycles. The quantitative estimate of drug-likeness (QED) is 0.826. The van der Waals surface area contributed by atoms with Crippen molar-refractivity contribution in [3.05, 3.63) is 52.5 Å². The van der Waals surface area contributed by atoms with E-state index in [9.17, 15) is 14.0 Å². The number of rotatable bonds is 6. The zero-order chi connectivity index (χ0) is 19.2. The van der Waals surface area contributed by atoms with Gasteiger partial charge in [-0.1, -0.05) is 6.07 Å². The van der Waals surface area contributed by atoms with Crippen LogP contribution < -0.4 is 5.32 Å². The minimum absolute atomic E-state index is 0.165. The third kappa shape index (κ3) is 5.37. The molecule has 144 valence electrons. The lowest BCUT2D eigenvalue weighted by molar-refractivity contribution is -0.133. The Balaban J connectivity index is 1.45. The number of benzene rings is 1. The molecule has 0 radical (unpaired) electrons. The average molecular weight is 389 g/mol. The summed E-state index contributed by atoms with van der Waals surface area (Å²) in [6, 6.07) is 7.58. The lowest BCUT2D eigenvalue weighted by Gasteiger charge is -2.37. The summed E-state index contributed by atoms with van der Waals surface area (Å²) < 4.78 is 13.2. The van der Waals surface area contributed by atoms with Crippen molar-refractivity contribution in [3.8, 4) is 0 Å². The number of amides is 2. The minimum Gasteiger partial charge on any atom is -0.340 e. The lowest BCUT2D eigenvalue weighted by atomic mass is 10.1. The predicted molar refractivity (Wildman–Crippen MR) is 105 cm³/mol. The third-order valence-electron chi connectivity index (χ3n) is 4.89. The summed E-state index contributed by atoms with van der Waals surface area (Å²) in [5.74, 6) is -0.384. The number of hydrogen-bond donors (Lipinski definition) is 1. The highest BCUT2D eigenvalue weighted by molar-refractivity contribution is 7.07. The van der Waals surface area contributed by atoms with E-state index in [-0.39, 0.29) is 23.7 Å². The van der Waals surface area contributed by atoms with Gasteiger partial charge in [0.2, 0.25) is 11.8 Å². The van der Waals surface area contributed by atoms with E-state index in [0.717, 1.165) is 6.42 Å². The fraction of sp³-hybridized carbons (Fsp3) is 0.400. The molecule has 0 unspecified atom stereocenters. The van der Waals surface area contributed by atoms with Gasteiger partial charge in [-0.15, -0.1) is 0 Å². The predicted octanol–water partition coefficient (Wildman–Crippen LogP) is 2.99. The van der Waals surface area contributed by atoms with E-state index in [1.165, 1.54) is 17.7 Å². The summed E-state index contributed by atoms with van der Waals surface area (Å²) >= 11 is 1.64. The summed E-state index contributed by atoms with van der Waals surface area (Å²) in [6.45, 7) is 4.40. The van der Waals surface area contributed by atoms with Crippen LogP contribution in [0.25, 0.3) is 0 Å².